The van der Waals surface area contributed by atoms with Gasteiger partial charge in [-0.2, -0.15) is 0 Å². The molecule has 0 amide bonds. The Kier molecular flexibility index (Phi) is 2.66. The maximum absolute atomic E-state index is 5.51. The van der Waals surface area contributed by atoms with E-state index in [0.717, 1.165) is 8.17 Å². The molecule has 0 spiro atoms. The van der Waals surface area contributed by atoms with Gasteiger partial charge in [0.1, 0.15) is 3.70 Å². The Balaban J connectivity index is 3.17. The fourth-order valence-corrected chi connectivity index (χ4v) is 1.17. The maximum Gasteiger partial charge on any atom is 0.152 e. The lowest BCUT2D eigenvalue weighted by molar-refractivity contribution is 0.994. The lowest BCUT2D eigenvalue weighted by atomic mass is 10.6. The number of hydrogen-bond donors (Lipinski definition) is 0. The Morgan fingerprint density at radius 1 is 1.56 bits per heavy atom. The first-order valence-corrected chi connectivity index (χ1v) is 4.29. The average molecular weight is 319 g/mol. The molecule has 0 bridgehead atoms. The van der Waals surface area contributed by atoms with Crippen molar-refractivity contribution in [1.29, 1.82) is 0 Å². The van der Waals surface area contributed by atoms with Crippen LogP contribution in [0.25, 0.3) is 0 Å². The van der Waals surface area contributed by atoms with E-state index in [9.17, 15) is 0 Å². The highest BCUT2D eigenvalue weighted by Crippen LogP contribution is 2.17. The van der Waals surface area contributed by atoms with E-state index < -0.39 is 0 Å². The summed E-state index contributed by atoms with van der Waals surface area (Å²) in [6.45, 7) is 0. The van der Waals surface area contributed by atoms with E-state index in [4.69, 9.17) is 11.6 Å². The van der Waals surface area contributed by atoms with E-state index in [-0.39, 0.29) is 0 Å². The molecular formula is C4HBrClIN2. The number of rotatable bonds is 0. The molecule has 0 aliphatic rings. The van der Waals surface area contributed by atoms with Gasteiger partial charge in [0.25, 0.3) is 0 Å². The van der Waals surface area contributed by atoms with E-state index in [1.807, 2.05) is 0 Å². The van der Waals surface area contributed by atoms with Crippen molar-refractivity contribution in [3.05, 3.63) is 19.4 Å². The van der Waals surface area contributed by atoms with Crippen molar-refractivity contribution in [3.8, 4) is 0 Å². The summed E-state index contributed by atoms with van der Waals surface area (Å²) < 4.78 is 1.69. The molecule has 9 heavy (non-hydrogen) atoms. The summed E-state index contributed by atoms with van der Waals surface area (Å²) in [6.07, 6.45) is 0. The normalized spacial score (nSPS) is 9.67. The number of hydrogen-bond acceptors (Lipinski definition) is 2. The van der Waals surface area contributed by atoms with Crippen molar-refractivity contribution >= 4 is 50.1 Å². The molecule has 2 nitrogen and oxygen atoms in total. The Morgan fingerprint density at radius 2 is 2.22 bits per heavy atom. The highest BCUT2D eigenvalue weighted by molar-refractivity contribution is 14.1. The van der Waals surface area contributed by atoms with Crippen LogP contribution in [0.15, 0.2) is 10.5 Å². The molecule has 0 N–H and O–H groups in total. The van der Waals surface area contributed by atoms with Crippen LogP contribution in [0.2, 0.25) is 5.15 Å². The minimum absolute atomic E-state index is 0.405. The smallest absolute Gasteiger partial charge is 0.142 e. The Morgan fingerprint density at radius 3 is 2.67 bits per heavy atom. The third-order valence-electron chi connectivity index (χ3n) is 0.676. The van der Waals surface area contributed by atoms with Gasteiger partial charge in [-0.05, 0) is 44.6 Å². The quantitative estimate of drug-likeness (QED) is 0.687. The maximum atomic E-state index is 5.51. The van der Waals surface area contributed by atoms with Gasteiger partial charge in [-0.1, -0.05) is 11.6 Å². The van der Waals surface area contributed by atoms with Crippen LogP contribution in [-0.4, -0.2) is 10.2 Å². The zero-order valence-corrected chi connectivity index (χ0v) is 8.61. The second kappa shape index (κ2) is 3.12. The van der Waals surface area contributed by atoms with Crippen LogP contribution in [0, 0.1) is 3.70 Å². The minimum atomic E-state index is 0.405. The lowest BCUT2D eigenvalue weighted by Crippen LogP contribution is -1.86. The van der Waals surface area contributed by atoms with Crippen LogP contribution in [0.4, 0.5) is 0 Å². The zero-order chi connectivity index (χ0) is 6.85. The first-order valence-electron chi connectivity index (χ1n) is 2.04. The second-order valence-corrected chi connectivity index (χ2v) is 3.57. The SMILES string of the molecule is Clc1cc(Br)c(I)nn1. The van der Waals surface area contributed by atoms with E-state index in [1.165, 1.54) is 0 Å². The largest absolute Gasteiger partial charge is 0.152 e. The number of aromatic nitrogens is 2. The minimum Gasteiger partial charge on any atom is -0.142 e. The van der Waals surface area contributed by atoms with Crippen LogP contribution >= 0.6 is 50.1 Å². The standard InChI is InChI=1S/C4HBrClIN2/c5-2-1-3(6)8-9-4(2)7/h1H. The predicted molar refractivity (Wildman–Crippen MR) is 47.5 cm³/mol. The predicted octanol–water partition coefficient (Wildman–Crippen LogP) is 2.50. The molecule has 48 valence electrons. The molecule has 5 heteroatoms. The highest BCUT2D eigenvalue weighted by atomic mass is 127. The molecule has 0 radical (unpaired) electrons. The van der Waals surface area contributed by atoms with E-state index >= 15 is 0 Å². The first kappa shape index (κ1) is 7.68. The van der Waals surface area contributed by atoms with Gasteiger partial charge in [0.2, 0.25) is 0 Å². The molecule has 0 atom stereocenters. The molecule has 0 aromatic carbocycles. The summed E-state index contributed by atoms with van der Waals surface area (Å²) >= 11 is 10.8. The van der Waals surface area contributed by atoms with Crippen molar-refractivity contribution in [2.75, 3.05) is 0 Å². The second-order valence-electron chi connectivity index (χ2n) is 1.31. The topological polar surface area (TPSA) is 25.8 Å². The van der Waals surface area contributed by atoms with E-state index in [0.29, 0.717) is 5.15 Å². The molecule has 1 aromatic heterocycles. The molecule has 0 saturated carbocycles. The number of nitrogens with zero attached hydrogens (tertiary/aromatic N) is 2. The molecule has 0 fully saturated rings. The summed E-state index contributed by atoms with van der Waals surface area (Å²) in [4.78, 5) is 0. The summed E-state index contributed by atoms with van der Waals surface area (Å²) in [5, 5.41) is 7.76. The van der Waals surface area contributed by atoms with Gasteiger partial charge >= 0.3 is 0 Å². The summed E-state index contributed by atoms with van der Waals surface area (Å²) in [7, 11) is 0. The monoisotopic (exact) mass is 318 g/mol. The van der Waals surface area contributed by atoms with Crippen molar-refractivity contribution in [2.24, 2.45) is 0 Å². The van der Waals surface area contributed by atoms with Crippen LogP contribution < -0.4 is 0 Å². The third kappa shape index (κ3) is 2.01. The Hall–Kier alpha value is 0.580. The van der Waals surface area contributed by atoms with Crippen molar-refractivity contribution < 1.29 is 0 Å². The van der Waals surface area contributed by atoms with Crippen LogP contribution in [0.3, 0.4) is 0 Å². The van der Waals surface area contributed by atoms with Crippen molar-refractivity contribution in [3.63, 3.8) is 0 Å². The van der Waals surface area contributed by atoms with Crippen molar-refractivity contribution in [2.45, 2.75) is 0 Å². The zero-order valence-electron chi connectivity index (χ0n) is 4.11. The van der Waals surface area contributed by atoms with Crippen LogP contribution in [-0.2, 0) is 0 Å². The molecule has 0 saturated heterocycles. The molecular weight excluding hydrogens is 318 g/mol. The van der Waals surface area contributed by atoms with Gasteiger partial charge in [0, 0.05) is 0 Å². The molecule has 0 unspecified atom stereocenters. The fraction of sp³-hybridized carbons (Fsp3) is 0. The molecule has 1 aromatic rings. The van der Waals surface area contributed by atoms with Gasteiger partial charge in [-0.25, -0.2) is 0 Å². The van der Waals surface area contributed by atoms with Crippen LogP contribution in [0.1, 0.15) is 0 Å². The summed E-state index contributed by atoms with van der Waals surface area (Å²) in [5.41, 5.74) is 0. The molecule has 1 rings (SSSR count). The summed E-state index contributed by atoms with van der Waals surface area (Å²) in [6, 6.07) is 1.70. The van der Waals surface area contributed by atoms with Gasteiger partial charge in [-0.15, -0.1) is 10.2 Å². The average Bonchev–Trinajstić information content (AvgIpc) is 1.80. The fourth-order valence-electron chi connectivity index (χ4n) is 0.332. The van der Waals surface area contributed by atoms with Gasteiger partial charge in [-0.3, -0.25) is 0 Å². The number of halogens is 3. The Bertz CT molecular complexity index is 230. The Labute approximate surface area is 79.3 Å². The highest BCUT2D eigenvalue weighted by Gasteiger charge is 1.97. The van der Waals surface area contributed by atoms with Gasteiger partial charge < -0.3 is 0 Å². The van der Waals surface area contributed by atoms with Gasteiger partial charge in [0.15, 0.2) is 5.15 Å². The first-order chi connectivity index (χ1) is 4.20. The van der Waals surface area contributed by atoms with Crippen LogP contribution in [0.5, 0.6) is 0 Å². The molecule has 0 aliphatic heterocycles. The van der Waals surface area contributed by atoms with E-state index in [2.05, 4.69) is 48.7 Å². The lowest BCUT2D eigenvalue weighted by Gasteiger charge is -1.91. The van der Waals surface area contributed by atoms with E-state index in [1.54, 1.807) is 6.07 Å². The summed E-state index contributed by atoms with van der Waals surface area (Å²) in [5.74, 6) is 0. The molecule has 0 aliphatic carbocycles. The van der Waals surface area contributed by atoms with Gasteiger partial charge in [0.05, 0.1) is 4.47 Å². The third-order valence-corrected chi connectivity index (χ3v) is 3.00. The molecule has 1 heterocycles. The van der Waals surface area contributed by atoms with Crippen molar-refractivity contribution in [1.82, 2.24) is 10.2 Å².